The molecule has 0 spiro atoms. The van der Waals surface area contributed by atoms with E-state index in [-0.39, 0.29) is 0 Å². The van der Waals surface area contributed by atoms with Gasteiger partial charge in [0.1, 0.15) is 0 Å². The Morgan fingerprint density at radius 1 is 0.792 bits per heavy atom. The van der Waals surface area contributed by atoms with Crippen LogP contribution in [0.2, 0.25) is 0 Å². The monoisotopic (exact) mass is 336 g/mol. The Morgan fingerprint density at radius 3 is 2.29 bits per heavy atom. The highest BCUT2D eigenvalue weighted by molar-refractivity contribution is 4.81. The van der Waals surface area contributed by atoms with Crippen LogP contribution >= 0.6 is 0 Å². The third-order valence-corrected chi connectivity index (χ3v) is 5.74. The van der Waals surface area contributed by atoms with E-state index in [0.29, 0.717) is 12.2 Å². The molecule has 0 aromatic carbocycles. The van der Waals surface area contributed by atoms with Gasteiger partial charge < -0.3 is 9.47 Å². The summed E-state index contributed by atoms with van der Waals surface area (Å²) >= 11 is 0. The van der Waals surface area contributed by atoms with E-state index in [2.05, 4.69) is 13.3 Å². The molecule has 2 aliphatic rings. The highest BCUT2D eigenvalue weighted by atomic mass is 16.5. The fraction of sp³-hybridized carbons (Fsp3) is 0.909. The molecule has 2 heteroatoms. The number of rotatable bonds is 14. The summed E-state index contributed by atoms with van der Waals surface area (Å²) in [4.78, 5) is 0. The van der Waals surface area contributed by atoms with Crippen molar-refractivity contribution in [3.63, 3.8) is 0 Å². The van der Waals surface area contributed by atoms with Crippen molar-refractivity contribution in [2.45, 2.75) is 109 Å². The van der Waals surface area contributed by atoms with Crippen LogP contribution in [0.3, 0.4) is 0 Å². The lowest BCUT2D eigenvalue weighted by atomic mass is 10.0. The fourth-order valence-corrected chi connectivity index (χ4v) is 4.13. The third kappa shape index (κ3) is 8.85. The van der Waals surface area contributed by atoms with Crippen molar-refractivity contribution < 1.29 is 9.47 Å². The van der Waals surface area contributed by atoms with Crippen LogP contribution < -0.4 is 0 Å². The van der Waals surface area contributed by atoms with Gasteiger partial charge >= 0.3 is 0 Å². The van der Waals surface area contributed by atoms with Crippen molar-refractivity contribution in [1.82, 2.24) is 0 Å². The van der Waals surface area contributed by atoms with Gasteiger partial charge in [0.25, 0.3) is 0 Å². The van der Waals surface area contributed by atoms with Crippen LogP contribution in [0.5, 0.6) is 0 Å². The molecular weight excluding hydrogens is 296 g/mol. The SMILES string of the molecule is [CH2]CCCCCCCCCOC1CCC(CCOC2C[CH]CC2)C1. The molecule has 2 nitrogen and oxygen atoms in total. The smallest absolute Gasteiger partial charge is 0.0578 e. The first kappa shape index (κ1) is 20.2. The van der Waals surface area contributed by atoms with Crippen LogP contribution in [0.15, 0.2) is 0 Å². The minimum Gasteiger partial charge on any atom is -0.378 e. The van der Waals surface area contributed by atoms with Gasteiger partial charge in [0.05, 0.1) is 12.2 Å². The molecule has 0 heterocycles. The van der Waals surface area contributed by atoms with E-state index in [1.54, 1.807) is 0 Å². The van der Waals surface area contributed by atoms with Crippen LogP contribution in [0.25, 0.3) is 0 Å². The second kappa shape index (κ2) is 13.2. The maximum Gasteiger partial charge on any atom is 0.0578 e. The summed E-state index contributed by atoms with van der Waals surface area (Å²) < 4.78 is 12.1. The zero-order valence-electron chi connectivity index (χ0n) is 15.9. The van der Waals surface area contributed by atoms with Gasteiger partial charge in [-0.2, -0.15) is 0 Å². The average molecular weight is 337 g/mol. The van der Waals surface area contributed by atoms with Gasteiger partial charge in [0.2, 0.25) is 0 Å². The maximum absolute atomic E-state index is 6.10. The Labute approximate surface area is 151 Å². The summed E-state index contributed by atoms with van der Waals surface area (Å²) in [5.74, 6) is 0.841. The molecule has 0 amide bonds. The molecule has 0 bridgehead atoms. The van der Waals surface area contributed by atoms with Crippen molar-refractivity contribution in [1.29, 1.82) is 0 Å². The molecule has 0 N–H and O–H groups in total. The van der Waals surface area contributed by atoms with E-state index in [4.69, 9.17) is 9.47 Å². The second-order valence-corrected chi connectivity index (χ2v) is 7.88. The third-order valence-electron chi connectivity index (χ3n) is 5.74. The van der Waals surface area contributed by atoms with E-state index in [0.717, 1.165) is 25.6 Å². The lowest BCUT2D eigenvalue weighted by molar-refractivity contribution is 0.0408. The Kier molecular flexibility index (Phi) is 11.1. The molecule has 0 saturated heterocycles. The molecule has 3 unspecified atom stereocenters. The summed E-state index contributed by atoms with van der Waals surface area (Å²) in [7, 11) is 0. The minimum absolute atomic E-state index is 0.525. The van der Waals surface area contributed by atoms with Crippen LogP contribution in [0.4, 0.5) is 0 Å². The van der Waals surface area contributed by atoms with Crippen molar-refractivity contribution in [2.24, 2.45) is 5.92 Å². The summed E-state index contributed by atoms with van der Waals surface area (Å²) in [6, 6.07) is 0. The van der Waals surface area contributed by atoms with Gasteiger partial charge in [-0.15, -0.1) is 0 Å². The van der Waals surface area contributed by atoms with E-state index >= 15 is 0 Å². The van der Waals surface area contributed by atoms with Crippen LogP contribution in [0, 0.1) is 19.3 Å². The lowest BCUT2D eigenvalue weighted by Crippen LogP contribution is -2.12. The predicted octanol–water partition coefficient (Wildman–Crippen LogP) is 6.29. The van der Waals surface area contributed by atoms with Crippen molar-refractivity contribution in [3.8, 4) is 0 Å². The highest BCUT2D eigenvalue weighted by Gasteiger charge is 2.25. The number of ether oxygens (including phenoxy) is 2. The Bertz CT molecular complexity index is 286. The number of unbranched alkanes of at least 4 members (excludes halogenated alkanes) is 7. The van der Waals surface area contributed by atoms with Gasteiger partial charge in [-0.3, -0.25) is 0 Å². The fourth-order valence-electron chi connectivity index (χ4n) is 4.13. The maximum atomic E-state index is 6.10. The van der Waals surface area contributed by atoms with E-state index in [9.17, 15) is 0 Å². The molecule has 2 rings (SSSR count). The van der Waals surface area contributed by atoms with Crippen LogP contribution in [-0.2, 0) is 9.47 Å². The normalized spacial score (nSPS) is 24.9. The van der Waals surface area contributed by atoms with Gasteiger partial charge in [-0.05, 0) is 63.7 Å². The number of hydrogen-bond donors (Lipinski definition) is 0. The van der Waals surface area contributed by atoms with Crippen LogP contribution in [0.1, 0.15) is 96.3 Å². The second-order valence-electron chi connectivity index (χ2n) is 7.88. The standard InChI is InChI=1S/C22H40O2/c1-2-3-4-5-6-7-8-11-17-23-22-15-14-20(19-22)16-18-24-21-12-9-10-13-21/h9,20-22H,1-8,10-19H2. The zero-order valence-corrected chi connectivity index (χ0v) is 15.9. The van der Waals surface area contributed by atoms with Crippen molar-refractivity contribution in [2.75, 3.05) is 13.2 Å². The molecule has 24 heavy (non-hydrogen) atoms. The minimum atomic E-state index is 0.525. The zero-order chi connectivity index (χ0) is 16.9. The molecule has 2 radical (unpaired) electrons. The molecule has 0 aromatic rings. The molecular formula is C22H40O2. The molecule has 2 fully saturated rings. The topological polar surface area (TPSA) is 18.5 Å². The summed E-state index contributed by atoms with van der Waals surface area (Å²) in [6.45, 7) is 5.84. The number of hydrogen-bond acceptors (Lipinski definition) is 2. The van der Waals surface area contributed by atoms with Crippen LogP contribution in [-0.4, -0.2) is 25.4 Å². The molecule has 0 aliphatic heterocycles. The van der Waals surface area contributed by atoms with E-state index in [1.807, 2.05) is 0 Å². The van der Waals surface area contributed by atoms with Gasteiger partial charge in [0.15, 0.2) is 0 Å². The first-order valence-corrected chi connectivity index (χ1v) is 10.7. The predicted molar refractivity (Wildman–Crippen MR) is 102 cm³/mol. The first-order chi connectivity index (χ1) is 11.9. The molecule has 3 atom stereocenters. The van der Waals surface area contributed by atoms with Crippen molar-refractivity contribution >= 4 is 0 Å². The van der Waals surface area contributed by atoms with Crippen molar-refractivity contribution in [3.05, 3.63) is 13.3 Å². The lowest BCUT2D eigenvalue weighted by Gasteiger charge is -2.15. The van der Waals surface area contributed by atoms with E-state index < -0.39 is 0 Å². The quantitative estimate of drug-likeness (QED) is 0.347. The van der Waals surface area contributed by atoms with Gasteiger partial charge in [-0.1, -0.05) is 51.9 Å². The molecule has 2 aliphatic carbocycles. The van der Waals surface area contributed by atoms with Gasteiger partial charge in [0, 0.05) is 13.2 Å². The van der Waals surface area contributed by atoms with E-state index in [1.165, 1.54) is 89.9 Å². The molecule has 0 aromatic heterocycles. The Hall–Kier alpha value is -0.0800. The Morgan fingerprint density at radius 2 is 1.54 bits per heavy atom. The molecule has 140 valence electrons. The first-order valence-electron chi connectivity index (χ1n) is 10.7. The Balaban J connectivity index is 1.36. The summed E-state index contributed by atoms with van der Waals surface area (Å²) in [5.41, 5.74) is 0. The highest BCUT2D eigenvalue weighted by Crippen LogP contribution is 2.31. The largest absolute Gasteiger partial charge is 0.378 e. The summed E-state index contributed by atoms with van der Waals surface area (Å²) in [6.07, 6.45) is 22.7. The summed E-state index contributed by atoms with van der Waals surface area (Å²) in [5, 5.41) is 0. The molecule has 2 saturated carbocycles. The van der Waals surface area contributed by atoms with Gasteiger partial charge in [-0.25, -0.2) is 0 Å². The average Bonchev–Trinajstić information content (AvgIpc) is 3.25.